The summed E-state index contributed by atoms with van der Waals surface area (Å²) in [6.45, 7) is 1.70. The van der Waals surface area contributed by atoms with Crippen LogP contribution < -0.4 is 16.4 Å². The second-order valence-electron chi connectivity index (χ2n) is 2.75. The minimum Gasteiger partial charge on any atom is -0.323 e. The van der Waals surface area contributed by atoms with Crippen LogP contribution in [0, 0.1) is 0 Å². The fourth-order valence-electron chi connectivity index (χ4n) is 0.895. The number of benzene rings is 1. The van der Waals surface area contributed by atoms with Crippen LogP contribution in [0.25, 0.3) is 0 Å². The molecule has 4 N–H and O–H groups in total. The molecule has 13 heavy (non-hydrogen) atoms. The molecule has 0 radical (unpaired) electrons. The topological polar surface area (TPSA) is 67.1 Å². The normalized spacial score (nSPS) is 11.8. The third kappa shape index (κ3) is 3.57. The van der Waals surface area contributed by atoms with Crippen molar-refractivity contribution in [1.82, 2.24) is 5.32 Å². The van der Waals surface area contributed by atoms with E-state index in [0.717, 1.165) is 5.69 Å². The molecule has 0 aliphatic carbocycles. The monoisotopic (exact) mass is 179 g/mol. The molecular formula is C9H13N3O. The molecule has 0 aromatic heterocycles. The van der Waals surface area contributed by atoms with Crippen LogP contribution in [0.4, 0.5) is 10.5 Å². The van der Waals surface area contributed by atoms with Crippen molar-refractivity contribution in [1.29, 1.82) is 0 Å². The second-order valence-corrected chi connectivity index (χ2v) is 2.75. The molecular weight excluding hydrogens is 166 g/mol. The number of nitrogens with one attached hydrogen (secondary N) is 2. The first-order valence-electron chi connectivity index (χ1n) is 4.06. The third-order valence-electron chi connectivity index (χ3n) is 1.39. The lowest BCUT2D eigenvalue weighted by Crippen LogP contribution is -2.41. The minimum absolute atomic E-state index is 0.291. The molecule has 0 aliphatic heterocycles. The van der Waals surface area contributed by atoms with Gasteiger partial charge < -0.3 is 16.4 Å². The van der Waals surface area contributed by atoms with Crippen LogP contribution in [0.15, 0.2) is 30.3 Å². The van der Waals surface area contributed by atoms with Gasteiger partial charge in [-0.2, -0.15) is 0 Å². The summed E-state index contributed by atoms with van der Waals surface area (Å²) in [6.07, 6.45) is -0.344. The van der Waals surface area contributed by atoms with Gasteiger partial charge in [-0.3, -0.25) is 0 Å². The fraction of sp³-hybridized carbons (Fsp3) is 0.222. The fourth-order valence-corrected chi connectivity index (χ4v) is 0.895. The molecule has 1 aromatic rings. The van der Waals surface area contributed by atoms with Crippen molar-refractivity contribution in [3.63, 3.8) is 0 Å². The molecule has 0 saturated carbocycles. The van der Waals surface area contributed by atoms with Gasteiger partial charge in [0, 0.05) is 5.69 Å². The average molecular weight is 179 g/mol. The van der Waals surface area contributed by atoms with Crippen LogP contribution in [0.3, 0.4) is 0 Å². The number of rotatable bonds is 2. The first-order chi connectivity index (χ1) is 6.18. The van der Waals surface area contributed by atoms with E-state index in [2.05, 4.69) is 10.6 Å². The number of amides is 2. The molecule has 1 aromatic carbocycles. The van der Waals surface area contributed by atoms with E-state index in [1.54, 1.807) is 19.1 Å². The van der Waals surface area contributed by atoms with E-state index in [-0.39, 0.29) is 12.2 Å². The maximum absolute atomic E-state index is 11.1. The van der Waals surface area contributed by atoms with Crippen LogP contribution in [0.2, 0.25) is 0 Å². The standard InChI is InChI=1S/C9H13N3O/c1-7(10)11-9(13)12-8-5-3-2-4-6-8/h2-7H,10H2,1H3,(H2,11,12,13). The molecule has 0 spiro atoms. The van der Waals surface area contributed by atoms with Gasteiger partial charge in [-0.05, 0) is 19.1 Å². The molecule has 1 unspecified atom stereocenters. The third-order valence-corrected chi connectivity index (χ3v) is 1.39. The highest BCUT2D eigenvalue weighted by Gasteiger charge is 2.01. The Kier molecular flexibility index (Phi) is 3.28. The number of urea groups is 1. The zero-order chi connectivity index (χ0) is 9.68. The summed E-state index contributed by atoms with van der Waals surface area (Å²) in [7, 11) is 0. The van der Waals surface area contributed by atoms with Gasteiger partial charge in [0.05, 0.1) is 6.17 Å². The van der Waals surface area contributed by atoms with E-state index in [0.29, 0.717) is 0 Å². The lowest BCUT2D eigenvalue weighted by Gasteiger charge is -2.09. The molecule has 1 atom stereocenters. The summed E-state index contributed by atoms with van der Waals surface area (Å²) < 4.78 is 0. The van der Waals surface area contributed by atoms with Crippen LogP contribution in [0.1, 0.15) is 6.92 Å². The average Bonchev–Trinajstić information content (AvgIpc) is 2.04. The number of nitrogens with two attached hydrogens (primary N) is 1. The maximum atomic E-state index is 11.1. The van der Waals surface area contributed by atoms with Crippen molar-refractivity contribution in [2.75, 3.05) is 5.32 Å². The maximum Gasteiger partial charge on any atom is 0.320 e. The van der Waals surface area contributed by atoms with E-state index in [1.165, 1.54) is 0 Å². The summed E-state index contributed by atoms with van der Waals surface area (Å²) in [5, 5.41) is 5.16. The van der Waals surface area contributed by atoms with Crippen molar-refractivity contribution in [2.24, 2.45) is 5.73 Å². The summed E-state index contributed by atoms with van der Waals surface area (Å²) in [5.74, 6) is 0. The van der Waals surface area contributed by atoms with Gasteiger partial charge in [-0.1, -0.05) is 18.2 Å². The summed E-state index contributed by atoms with van der Waals surface area (Å²) in [6, 6.07) is 8.90. The summed E-state index contributed by atoms with van der Waals surface area (Å²) >= 11 is 0. The number of carbonyl (C=O) groups excluding carboxylic acids is 1. The lowest BCUT2D eigenvalue weighted by atomic mass is 10.3. The van der Waals surface area contributed by atoms with Crippen LogP contribution in [-0.4, -0.2) is 12.2 Å². The number of hydrogen-bond acceptors (Lipinski definition) is 2. The first kappa shape index (κ1) is 9.54. The molecule has 0 fully saturated rings. The van der Waals surface area contributed by atoms with Crippen molar-refractivity contribution in [3.8, 4) is 0 Å². The number of carbonyl (C=O) groups is 1. The van der Waals surface area contributed by atoms with Gasteiger partial charge in [0.15, 0.2) is 0 Å². The van der Waals surface area contributed by atoms with Crippen LogP contribution in [0.5, 0.6) is 0 Å². The Hall–Kier alpha value is -1.55. The zero-order valence-electron chi connectivity index (χ0n) is 7.45. The van der Waals surface area contributed by atoms with Gasteiger partial charge in [0.2, 0.25) is 0 Å². The Morgan fingerprint density at radius 3 is 2.54 bits per heavy atom. The molecule has 0 aliphatic rings. The smallest absolute Gasteiger partial charge is 0.320 e. The van der Waals surface area contributed by atoms with E-state index < -0.39 is 0 Å². The Labute approximate surface area is 77.1 Å². The van der Waals surface area contributed by atoms with E-state index in [9.17, 15) is 4.79 Å². The van der Waals surface area contributed by atoms with Gasteiger partial charge >= 0.3 is 6.03 Å². The Balaban J connectivity index is 2.46. The Morgan fingerprint density at radius 2 is 2.00 bits per heavy atom. The summed E-state index contributed by atoms with van der Waals surface area (Å²) in [5.41, 5.74) is 6.13. The molecule has 70 valence electrons. The van der Waals surface area contributed by atoms with Crippen molar-refractivity contribution in [3.05, 3.63) is 30.3 Å². The Bertz CT molecular complexity index is 271. The predicted octanol–water partition coefficient (Wildman–Crippen LogP) is 1.11. The minimum atomic E-state index is -0.344. The highest BCUT2D eigenvalue weighted by molar-refractivity contribution is 5.89. The Morgan fingerprint density at radius 1 is 1.38 bits per heavy atom. The number of para-hydroxylation sites is 1. The molecule has 0 saturated heterocycles. The van der Waals surface area contributed by atoms with Gasteiger partial charge in [0.25, 0.3) is 0 Å². The van der Waals surface area contributed by atoms with Crippen LogP contribution in [-0.2, 0) is 0 Å². The molecule has 2 amide bonds. The number of anilines is 1. The van der Waals surface area contributed by atoms with E-state index in [1.807, 2.05) is 18.2 Å². The largest absolute Gasteiger partial charge is 0.323 e. The van der Waals surface area contributed by atoms with Gasteiger partial charge in [-0.15, -0.1) is 0 Å². The quantitative estimate of drug-likeness (QED) is 0.595. The first-order valence-corrected chi connectivity index (χ1v) is 4.06. The molecule has 1 rings (SSSR count). The molecule has 4 nitrogen and oxygen atoms in total. The van der Waals surface area contributed by atoms with Gasteiger partial charge in [-0.25, -0.2) is 4.79 Å². The van der Waals surface area contributed by atoms with Crippen molar-refractivity contribution >= 4 is 11.7 Å². The SMILES string of the molecule is CC(N)NC(=O)Nc1ccccc1. The number of hydrogen-bond donors (Lipinski definition) is 3. The van der Waals surface area contributed by atoms with E-state index >= 15 is 0 Å². The van der Waals surface area contributed by atoms with Gasteiger partial charge in [0.1, 0.15) is 0 Å². The van der Waals surface area contributed by atoms with Crippen molar-refractivity contribution < 1.29 is 4.79 Å². The van der Waals surface area contributed by atoms with Crippen molar-refractivity contribution in [2.45, 2.75) is 13.1 Å². The highest BCUT2D eigenvalue weighted by Crippen LogP contribution is 2.03. The highest BCUT2D eigenvalue weighted by atomic mass is 16.2. The molecule has 4 heteroatoms. The van der Waals surface area contributed by atoms with Crippen LogP contribution >= 0.6 is 0 Å². The summed E-state index contributed by atoms with van der Waals surface area (Å²) in [4.78, 5) is 11.1. The predicted molar refractivity (Wildman–Crippen MR) is 52.2 cm³/mol. The lowest BCUT2D eigenvalue weighted by molar-refractivity contribution is 0.249. The molecule has 0 bridgehead atoms. The van der Waals surface area contributed by atoms with E-state index in [4.69, 9.17) is 5.73 Å². The molecule has 0 heterocycles. The zero-order valence-corrected chi connectivity index (χ0v) is 7.45. The second kappa shape index (κ2) is 4.47.